The van der Waals surface area contributed by atoms with Crippen molar-refractivity contribution in [3.8, 4) is 0 Å². The Bertz CT molecular complexity index is 945. The first-order valence-corrected chi connectivity index (χ1v) is 10.8. The fourth-order valence-electron chi connectivity index (χ4n) is 3.08. The van der Waals surface area contributed by atoms with Crippen molar-refractivity contribution < 1.29 is 9.90 Å². The average molecular weight is 428 g/mol. The number of carbonyl (C=O) groups is 1. The van der Waals surface area contributed by atoms with E-state index in [1.165, 1.54) is 11.8 Å². The first-order valence-electron chi connectivity index (χ1n) is 9.97. The van der Waals surface area contributed by atoms with Gasteiger partial charge in [0.2, 0.25) is 5.91 Å². The van der Waals surface area contributed by atoms with Crippen LogP contribution in [0, 0.1) is 0 Å². The van der Waals surface area contributed by atoms with Crippen LogP contribution in [-0.2, 0) is 4.79 Å². The molecule has 1 fully saturated rings. The largest absolute Gasteiger partial charge is 0.389 e. The van der Waals surface area contributed by atoms with Crippen molar-refractivity contribution in [2.24, 2.45) is 5.10 Å². The Hall–Kier alpha value is -2.85. The minimum Gasteiger partial charge on any atom is -0.389 e. The second-order valence-corrected chi connectivity index (χ2v) is 8.44. The van der Waals surface area contributed by atoms with Gasteiger partial charge in [0, 0.05) is 48.6 Å². The van der Waals surface area contributed by atoms with Gasteiger partial charge in [0.05, 0.1) is 6.10 Å². The van der Waals surface area contributed by atoms with Crippen LogP contribution in [0.4, 0.5) is 17.3 Å². The number of carbonyl (C=O) groups excluding carboxylic acids is 1. The molecule has 30 heavy (non-hydrogen) atoms. The van der Waals surface area contributed by atoms with Crippen molar-refractivity contribution in [2.45, 2.75) is 48.9 Å². The molecule has 0 saturated carbocycles. The highest BCUT2D eigenvalue weighted by Crippen LogP contribution is 2.30. The van der Waals surface area contributed by atoms with Crippen molar-refractivity contribution in [1.82, 2.24) is 15.4 Å². The normalized spacial score (nSPS) is 18.4. The number of nitrogens with one attached hydrogen (secondary N) is 3. The van der Waals surface area contributed by atoms with Gasteiger partial charge in [0.15, 0.2) is 5.16 Å². The Kier molecular flexibility index (Phi) is 6.05. The maximum Gasteiger partial charge on any atom is 0.224 e. The number of aliphatic hydroxyl groups is 1. The van der Waals surface area contributed by atoms with E-state index in [0.717, 1.165) is 28.7 Å². The Morgan fingerprint density at radius 2 is 2.07 bits per heavy atom. The molecule has 0 spiro atoms. The number of β-amino-alcohol motifs (C(OH)–C–C–N with tert-alkyl or cyclic N) is 1. The third-order valence-electron chi connectivity index (χ3n) is 4.74. The summed E-state index contributed by atoms with van der Waals surface area (Å²) in [5.41, 5.74) is 3.80. The van der Waals surface area contributed by atoms with Gasteiger partial charge in [-0.15, -0.1) is 0 Å². The summed E-state index contributed by atoms with van der Waals surface area (Å²) in [7, 11) is 0. The molecular weight excluding hydrogens is 402 g/mol. The maximum atomic E-state index is 11.5. The highest BCUT2D eigenvalue weighted by Gasteiger charge is 2.27. The van der Waals surface area contributed by atoms with Gasteiger partial charge in [-0.25, -0.2) is 9.97 Å². The molecule has 1 aromatic heterocycles. The summed E-state index contributed by atoms with van der Waals surface area (Å²) in [4.78, 5) is 23.8. The second-order valence-electron chi connectivity index (χ2n) is 7.40. The van der Waals surface area contributed by atoms with Crippen LogP contribution in [0.3, 0.4) is 0 Å². The molecule has 0 radical (unpaired) electrons. The highest BCUT2D eigenvalue weighted by atomic mass is 32.2. The fourth-order valence-corrected chi connectivity index (χ4v) is 3.85. The third kappa shape index (κ3) is 5.00. The van der Waals surface area contributed by atoms with Crippen LogP contribution in [0.2, 0.25) is 0 Å². The molecule has 1 unspecified atom stereocenters. The first kappa shape index (κ1) is 20.4. The molecule has 4 rings (SSSR count). The average Bonchev–Trinajstić information content (AvgIpc) is 3.11. The van der Waals surface area contributed by atoms with E-state index in [1.807, 2.05) is 42.2 Å². The molecule has 4 N–H and O–H groups in total. The highest BCUT2D eigenvalue weighted by molar-refractivity contribution is 7.99. The summed E-state index contributed by atoms with van der Waals surface area (Å²) >= 11 is 1.44. The molecule has 10 heteroatoms. The Morgan fingerprint density at radius 1 is 1.30 bits per heavy atom. The van der Waals surface area contributed by atoms with Crippen LogP contribution in [0.5, 0.6) is 0 Å². The molecule has 0 bridgehead atoms. The third-order valence-corrected chi connectivity index (χ3v) is 5.61. The second kappa shape index (κ2) is 8.88. The van der Waals surface area contributed by atoms with Gasteiger partial charge in [-0.3, -0.25) is 4.79 Å². The lowest BCUT2D eigenvalue weighted by molar-refractivity contribution is -0.115. The van der Waals surface area contributed by atoms with Crippen LogP contribution in [0.25, 0.3) is 0 Å². The number of anilines is 3. The van der Waals surface area contributed by atoms with Crippen LogP contribution < -0.4 is 21.0 Å². The minimum atomic E-state index is -0.317. The Labute approximate surface area is 179 Å². The van der Waals surface area contributed by atoms with Gasteiger partial charge in [-0.1, -0.05) is 6.92 Å². The zero-order valence-corrected chi connectivity index (χ0v) is 17.7. The standard InChI is InChI=1S/C20H25N7O2S/c1-3-19(29)21-13-4-6-15(7-5-13)30-20-23-16(22-17-8-12(2)25-26-17)9-18(24-20)27-10-14(28)11-27/h4-7,9,12,14,25,28H,3,8,10-11H2,1-2H3,(H,21,29)(H,22,23,24,26). The van der Waals surface area contributed by atoms with E-state index < -0.39 is 0 Å². The zero-order valence-electron chi connectivity index (χ0n) is 16.9. The van der Waals surface area contributed by atoms with Crippen LogP contribution in [0.1, 0.15) is 26.7 Å². The van der Waals surface area contributed by atoms with E-state index in [9.17, 15) is 9.90 Å². The van der Waals surface area contributed by atoms with Crippen molar-refractivity contribution in [3.05, 3.63) is 30.3 Å². The molecule has 3 heterocycles. The summed E-state index contributed by atoms with van der Waals surface area (Å²) < 4.78 is 0. The Balaban J connectivity index is 1.51. The van der Waals surface area contributed by atoms with E-state index in [-0.39, 0.29) is 12.0 Å². The molecule has 0 aliphatic carbocycles. The SMILES string of the molecule is CCC(=O)Nc1ccc(Sc2nc(NC3=NNC(C)C3)cc(N3CC(O)C3)n2)cc1. The molecule has 158 valence electrons. The van der Waals surface area contributed by atoms with E-state index in [2.05, 4.69) is 38.1 Å². The lowest BCUT2D eigenvalue weighted by atomic mass is 10.2. The number of aliphatic hydroxyl groups excluding tert-OH is 1. The van der Waals surface area contributed by atoms with Crippen molar-refractivity contribution in [3.63, 3.8) is 0 Å². The molecule has 2 aliphatic heterocycles. The lowest BCUT2D eigenvalue weighted by Crippen LogP contribution is -2.51. The number of aromatic nitrogens is 2. The predicted molar refractivity (Wildman–Crippen MR) is 118 cm³/mol. The zero-order chi connectivity index (χ0) is 21.1. The topological polar surface area (TPSA) is 115 Å². The lowest BCUT2D eigenvalue weighted by Gasteiger charge is -2.37. The molecule has 2 aromatic rings. The molecule has 1 saturated heterocycles. The van der Waals surface area contributed by atoms with Crippen molar-refractivity contribution in [1.29, 1.82) is 0 Å². The Morgan fingerprint density at radius 3 is 2.70 bits per heavy atom. The van der Waals surface area contributed by atoms with Crippen LogP contribution in [-0.4, -0.2) is 52.1 Å². The molecule has 1 amide bonds. The van der Waals surface area contributed by atoms with Crippen molar-refractivity contribution >= 4 is 40.8 Å². The van der Waals surface area contributed by atoms with Crippen LogP contribution in [0.15, 0.2) is 45.5 Å². The number of hydrazone groups is 1. The van der Waals surface area contributed by atoms with Gasteiger partial charge in [-0.2, -0.15) is 5.10 Å². The summed E-state index contributed by atoms with van der Waals surface area (Å²) in [6.45, 7) is 5.01. The number of hydrogen-bond donors (Lipinski definition) is 4. The van der Waals surface area contributed by atoms with Gasteiger partial charge in [0.1, 0.15) is 17.5 Å². The molecule has 2 aliphatic rings. The maximum absolute atomic E-state index is 11.5. The number of amidine groups is 1. The van der Waals surface area contributed by atoms with Crippen LogP contribution >= 0.6 is 11.8 Å². The quantitative estimate of drug-likeness (QED) is 0.519. The van der Waals surface area contributed by atoms with Gasteiger partial charge in [0.25, 0.3) is 0 Å². The van der Waals surface area contributed by atoms with E-state index in [4.69, 9.17) is 0 Å². The predicted octanol–water partition coefficient (Wildman–Crippen LogP) is 2.26. The molecule has 1 aromatic carbocycles. The number of nitrogens with zero attached hydrogens (tertiary/aromatic N) is 4. The number of rotatable bonds is 6. The summed E-state index contributed by atoms with van der Waals surface area (Å²) in [5.74, 6) is 2.26. The van der Waals surface area contributed by atoms with E-state index in [1.54, 1.807) is 0 Å². The van der Waals surface area contributed by atoms with Gasteiger partial charge < -0.3 is 26.1 Å². The molecule has 1 atom stereocenters. The fraction of sp³-hybridized carbons (Fsp3) is 0.400. The number of amides is 1. The summed E-state index contributed by atoms with van der Waals surface area (Å²) in [6, 6.07) is 9.76. The van der Waals surface area contributed by atoms with Crippen molar-refractivity contribution in [2.75, 3.05) is 28.6 Å². The smallest absolute Gasteiger partial charge is 0.224 e. The first-order chi connectivity index (χ1) is 14.5. The summed E-state index contributed by atoms with van der Waals surface area (Å²) in [5, 5.41) is 20.7. The summed E-state index contributed by atoms with van der Waals surface area (Å²) in [6.07, 6.45) is 0.926. The molecular formula is C20H25N7O2S. The van der Waals surface area contributed by atoms with E-state index in [0.29, 0.717) is 36.5 Å². The van der Waals surface area contributed by atoms with Gasteiger partial charge in [-0.05, 0) is 43.0 Å². The van der Waals surface area contributed by atoms with E-state index >= 15 is 0 Å². The number of benzene rings is 1. The minimum absolute atomic E-state index is 0.0162. The number of hydrogen-bond acceptors (Lipinski definition) is 9. The van der Waals surface area contributed by atoms with Gasteiger partial charge >= 0.3 is 0 Å². The monoisotopic (exact) mass is 427 g/mol. The molecule has 9 nitrogen and oxygen atoms in total.